The van der Waals surface area contributed by atoms with E-state index >= 15 is 0 Å². The molecular weight excluding hydrogens is 398 g/mol. The molecular formula is C23H23N3O3S. The van der Waals surface area contributed by atoms with Gasteiger partial charge >= 0.3 is 5.97 Å². The molecule has 0 amide bonds. The highest BCUT2D eigenvalue weighted by Crippen LogP contribution is 2.40. The molecule has 0 saturated carbocycles. The average Bonchev–Trinajstić information content (AvgIpc) is 3.37. The highest BCUT2D eigenvalue weighted by atomic mass is 32.1. The number of carboxylic acids is 1. The van der Waals surface area contributed by atoms with Crippen LogP contribution in [0.4, 0.5) is 0 Å². The predicted molar refractivity (Wildman–Crippen MR) is 118 cm³/mol. The second kappa shape index (κ2) is 8.67. The van der Waals surface area contributed by atoms with Gasteiger partial charge in [-0.3, -0.25) is 4.98 Å². The topological polar surface area (TPSA) is 78.6 Å². The lowest BCUT2D eigenvalue weighted by atomic mass is 10.0. The summed E-state index contributed by atoms with van der Waals surface area (Å²) in [6, 6.07) is 16.2. The predicted octanol–water partition coefficient (Wildman–Crippen LogP) is 4.81. The molecule has 2 atom stereocenters. The Kier molecular flexibility index (Phi) is 5.81. The average molecular weight is 422 g/mol. The van der Waals surface area contributed by atoms with Crippen molar-refractivity contribution >= 4 is 23.3 Å². The van der Waals surface area contributed by atoms with Gasteiger partial charge < -0.3 is 19.7 Å². The van der Waals surface area contributed by atoms with Gasteiger partial charge in [0.2, 0.25) is 0 Å². The molecule has 1 aliphatic heterocycles. The van der Waals surface area contributed by atoms with Crippen LogP contribution in [0.25, 0.3) is 11.3 Å². The molecule has 0 radical (unpaired) electrons. The quantitative estimate of drug-likeness (QED) is 0.530. The van der Waals surface area contributed by atoms with Gasteiger partial charge in [0.25, 0.3) is 0 Å². The minimum absolute atomic E-state index is 0.125. The maximum atomic E-state index is 11.3. The van der Waals surface area contributed by atoms with Crippen molar-refractivity contribution in [2.45, 2.75) is 31.8 Å². The SMILES string of the molecule is CCCCN1C(=S)N[C@@H](c2ccccn2)[C@@H]1c1ccc(-c2cccc(C(=O)O)c2)o1. The zero-order valence-electron chi connectivity index (χ0n) is 16.6. The number of carboxylic acid groups (broad SMARTS) is 1. The standard InChI is InChI=1S/C23H23N3O3S/c1-2-3-13-26-21(20(25-23(26)30)17-9-4-5-12-24-17)19-11-10-18(29-19)15-7-6-8-16(14-15)22(27)28/h4-12,14,20-21H,2-3,13H2,1H3,(H,25,30)(H,27,28)/t20-,21-/m0/s1. The molecule has 2 aromatic heterocycles. The molecule has 1 saturated heterocycles. The summed E-state index contributed by atoms with van der Waals surface area (Å²) < 4.78 is 6.24. The van der Waals surface area contributed by atoms with Gasteiger partial charge in [-0.15, -0.1) is 0 Å². The molecule has 0 unspecified atom stereocenters. The summed E-state index contributed by atoms with van der Waals surface area (Å²) in [5.74, 6) is 0.431. The van der Waals surface area contributed by atoms with Crippen LogP contribution in [0, 0.1) is 0 Å². The van der Waals surface area contributed by atoms with Crippen LogP contribution in [-0.2, 0) is 0 Å². The summed E-state index contributed by atoms with van der Waals surface area (Å²) in [6.07, 6.45) is 3.85. The third kappa shape index (κ3) is 3.93. The maximum Gasteiger partial charge on any atom is 0.335 e. The van der Waals surface area contributed by atoms with Crippen LogP contribution in [0.3, 0.4) is 0 Å². The van der Waals surface area contributed by atoms with Crippen LogP contribution < -0.4 is 5.32 Å². The second-order valence-corrected chi connectivity index (χ2v) is 7.65. The van der Waals surface area contributed by atoms with Crippen molar-refractivity contribution in [2.75, 3.05) is 6.54 Å². The van der Waals surface area contributed by atoms with Gasteiger partial charge in [0.05, 0.1) is 17.3 Å². The number of pyridine rings is 1. The largest absolute Gasteiger partial charge is 0.478 e. The van der Waals surface area contributed by atoms with Crippen LogP contribution in [0.5, 0.6) is 0 Å². The number of furan rings is 1. The molecule has 30 heavy (non-hydrogen) atoms. The first kappa shape index (κ1) is 20.1. The van der Waals surface area contributed by atoms with E-state index in [2.05, 4.69) is 22.1 Å². The minimum Gasteiger partial charge on any atom is -0.478 e. The molecule has 3 aromatic rings. The van der Waals surface area contributed by atoms with Crippen LogP contribution in [0.1, 0.15) is 53.7 Å². The van der Waals surface area contributed by atoms with Gasteiger partial charge in [-0.2, -0.15) is 0 Å². The summed E-state index contributed by atoms with van der Waals surface area (Å²) in [4.78, 5) is 18.0. The Hall–Kier alpha value is -3.19. The van der Waals surface area contributed by atoms with Gasteiger partial charge in [0, 0.05) is 18.3 Å². The Labute approximate surface area is 180 Å². The Morgan fingerprint density at radius 3 is 2.83 bits per heavy atom. The number of aromatic nitrogens is 1. The minimum atomic E-state index is -0.963. The van der Waals surface area contributed by atoms with E-state index in [1.807, 2.05) is 36.4 Å². The zero-order valence-corrected chi connectivity index (χ0v) is 17.4. The van der Waals surface area contributed by atoms with E-state index in [-0.39, 0.29) is 17.6 Å². The van der Waals surface area contributed by atoms with Crippen molar-refractivity contribution in [3.63, 3.8) is 0 Å². The number of hydrogen-bond donors (Lipinski definition) is 2. The number of rotatable bonds is 7. The van der Waals surface area contributed by atoms with E-state index in [1.54, 1.807) is 24.4 Å². The monoisotopic (exact) mass is 421 g/mol. The summed E-state index contributed by atoms with van der Waals surface area (Å²) in [6.45, 7) is 2.97. The maximum absolute atomic E-state index is 11.3. The second-order valence-electron chi connectivity index (χ2n) is 7.26. The Balaban J connectivity index is 1.71. The number of nitrogens with one attached hydrogen (secondary N) is 1. The molecule has 3 heterocycles. The fourth-order valence-electron chi connectivity index (χ4n) is 3.76. The lowest BCUT2D eigenvalue weighted by Gasteiger charge is -2.25. The van der Waals surface area contributed by atoms with E-state index in [4.69, 9.17) is 16.6 Å². The lowest BCUT2D eigenvalue weighted by Crippen LogP contribution is -2.30. The van der Waals surface area contributed by atoms with Gasteiger partial charge in [0.1, 0.15) is 17.6 Å². The first-order chi connectivity index (χ1) is 14.6. The van der Waals surface area contributed by atoms with E-state index < -0.39 is 5.97 Å². The summed E-state index contributed by atoms with van der Waals surface area (Å²) >= 11 is 5.63. The number of aromatic carboxylic acids is 1. The fraction of sp³-hybridized carbons (Fsp3) is 0.261. The van der Waals surface area contributed by atoms with Crippen LogP contribution in [0.15, 0.2) is 65.2 Å². The molecule has 0 bridgehead atoms. The van der Waals surface area contributed by atoms with E-state index in [0.29, 0.717) is 10.9 Å². The molecule has 7 heteroatoms. The highest BCUT2D eigenvalue weighted by Gasteiger charge is 2.41. The van der Waals surface area contributed by atoms with Crippen molar-refractivity contribution in [1.82, 2.24) is 15.2 Å². The molecule has 1 aromatic carbocycles. The first-order valence-electron chi connectivity index (χ1n) is 10.00. The summed E-state index contributed by atoms with van der Waals surface area (Å²) in [5.41, 5.74) is 1.85. The molecule has 0 spiro atoms. The number of thiocarbonyl (C=S) groups is 1. The number of hydrogen-bond acceptors (Lipinski definition) is 4. The molecule has 4 rings (SSSR count). The number of nitrogens with zero attached hydrogens (tertiary/aromatic N) is 2. The zero-order chi connectivity index (χ0) is 21.1. The van der Waals surface area contributed by atoms with E-state index in [9.17, 15) is 9.90 Å². The van der Waals surface area contributed by atoms with Gasteiger partial charge in [-0.25, -0.2) is 4.79 Å². The van der Waals surface area contributed by atoms with Gasteiger partial charge in [-0.1, -0.05) is 31.5 Å². The third-order valence-corrected chi connectivity index (χ3v) is 5.62. The molecule has 6 nitrogen and oxygen atoms in total. The number of carbonyl (C=O) groups is 1. The Morgan fingerprint density at radius 2 is 2.10 bits per heavy atom. The molecule has 2 N–H and O–H groups in total. The van der Waals surface area contributed by atoms with Crippen LogP contribution in [-0.4, -0.2) is 32.6 Å². The highest BCUT2D eigenvalue weighted by molar-refractivity contribution is 7.80. The van der Waals surface area contributed by atoms with Gasteiger partial charge in [0.15, 0.2) is 5.11 Å². The molecule has 1 aliphatic rings. The van der Waals surface area contributed by atoms with Crippen LogP contribution >= 0.6 is 12.2 Å². The van der Waals surface area contributed by atoms with E-state index in [1.165, 1.54) is 0 Å². The summed E-state index contributed by atoms with van der Waals surface area (Å²) in [7, 11) is 0. The first-order valence-corrected chi connectivity index (χ1v) is 10.4. The van der Waals surface area contributed by atoms with Crippen molar-refractivity contribution in [2.24, 2.45) is 0 Å². The van der Waals surface area contributed by atoms with Crippen LogP contribution in [0.2, 0.25) is 0 Å². The van der Waals surface area contributed by atoms with Crippen molar-refractivity contribution in [3.05, 3.63) is 77.8 Å². The Bertz CT molecular complexity index is 1050. The molecule has 1 fully saturated rings. The van der Waals surface area contributed by atoms with Crippen molar-refractivity contribution in [3.8, 4) is 11.3 Å². The van der Waals surface area contributed by atoms with E-state index in [0.717, 1.165) is 36.4 Å². The molecule has 0 aliphatic carbocycles. The lowest BCUT2D eigenvalue weighted by molar-refractivity contribution is 0.0697. The van der Waals surface area contributed by atoms with Crippen molar-refractivity contribution < 1.29 is 14.3 Å². The summed E-state index contributed by atoms with van der Waals surface area (Å²) in [5, 5.41) is 13.4. The molecule has 154 valence electrons. The van der Waals surface area contributed by atoms with Gasteiger partial charge in [-0.05, 0) is 55.0 Å². The smallest absolute Gasteiger partial charge is 0.335 e. The number of unbranched alkanes of at least 4 members (excludes halogenated alkanes) is 1. The van der Waals surface area contributed by atoms with Crippen molar-refractivity contribution in [1.29, 1.82) is 0 Å². The third-order valence-electron chi connectivity index (χ3n) is 5.26. The number of benzene rings is 1. The fourth-order valence-corrected chi connectivity index (χ4v) is 4.09. The Morgan fingerprint density at radius 1 is 1.23 bits per heavy atom. The normalized spacial score (nSPS) is 18.4.